The molecule has 1 aromatic carbocycles. The van der Waals surface area contributed by atoms with E-state index in [2.05, 4.69) is 15.9 Å². The van der Waals surface area contributed by atoms with Crippen LogP contribution in [0, 0.1) is 0 Å². The molecule has 0 aliphatic carbocycles. The summed E-state index contributed by atoms with van der Waals surface area (Å²) in [6, 6.07) is 11.7. The quantitative estimate of drug-likeness (QED) is 0.885. The van der Waals surface area contributed by atoms with Gasteiger partial charge in [0.25, 0.3) is 0 Å². The maximum Gasteiger partial charge on any atom is 0.0701 e. The second-order valence-corrected chi connectivity index (χ2v) is 6.88. The Morgan fingerprint density at radius 2 is 2.06 bits per heavy atom. The van der Waals surface area contributed by atoms with Gasteiger partial charge in [0.15, 0.2) is 0 Å². The van der Waals surface area contributed by atoms with Gasteiger partial charge in [-0.15, -0.1) is 11.3 Å². The summed E-state index contributed by atoms with van der Waals surface area (Å²) in [6.07, 6.45) is 0.956. The van der Waals surface area contributed by atoms with Crippen molar-refractivity contribution >= 4 is 38.9 Å². The van der Waals surface area contributed by atoms with Crippen molar-refractivity contribution in [3.05, 3.63) is 55.6 Å². The molecule has 17 heavy (non-hydrogen) atoms. The average molecular weight is 332 g/mol. The Morgan fingerprint density at radius 1 is 1.24 bits per heavy atom. The van der Waals surface area contributed by atoms with Crippen LogP contribution in [0.3, 0.4) is 0 Å². The first kappa shape index (κ1) is 13.1. The molecule has 1 atom stereocenters. The standard InChI is InChI=1S/C13H12BrClOS/c14-13-5-4-12(17-13)8-11(16)7-9-2-1-3-10(15)6-9/h1-6,11,16H,7-8H2. The molecule has 1 aromatic heterocycles. The van der Waals surface area contributed by atoms with Crippen LogP contribution in [0.2, 0.25) is 5.02 Å². The zero-order valence-corrected chi connectivity index (χ0v) is 12.2. The molecule has 0 spiro atoms. The highest BCUT2D eigenvalue weighted by atomic mass is 79.9. The normalized spacial score (nSPS) is 12.6. The SMILES string of the molecule is OC(Cc1cccc(Cl)c1)Cc1ccc(Br)s1. The van der Waals surface area contributed by atoms with Gasteiger partial charge in [-0.25, -0.2) is 0 Å². The van der Waals surface area contributed by atoms with E-state index in [1.807, 2.05) is 36.4 Å². The lowest BCUT2D eigenvalue weighted by atomic mass is 10.1. The minimum Gasteiger partial charge on any atom is -0.392 e. The maximum absolute atomic E-state index is 10.0. The predicted octanol–water partition coefficient (Wildman–Crippen LogP) is 4.31. The van der Waals surface area contributed by atoms with Crippen molar-refractivity contribution in [1.82, 2.24) is 0 Å². The number of aliphatic hydroxyl groups excluding tert-OH is 1. The number of hydrogen-bond acceptors (Lipinski definition) is 2. The van der Waals surface area contributed by atoms with Gasteiger partial charge < -0.3 is 5.11 Å². The third-order valence-electron chi connectivity index (χ3n) is 2.43. The van der Waals surface area contributed by atoms with E-state index in [9.17, 15) is 5.11 Å². The highest BCUT2D eigenvalue weighted by molar-refractivity contribution is 9.11. The second-order valence-electron chi connectivity index (χ2n) is 3.90. The average Bonchev–Trinajstić information content (AvgIpc) is 2.63. The zero-order chi connectivity index (χ0) is 12.3. The van der Waals surface area contributed by atoms with Crippen LogP contribution in [0.5, 0.6) is 0 Å². The number of rotatable bonds is 4. The molecule has 1 nitrogen and oxygen atoms in total. The van der Waals surface area contributed by atoms with Gasteiger partial charge in [0, 0.05) is 16.3 Å². The van der Waals surface area contributed by atoms with Gasteiger partial charge in [-0.3, -0.25) is 0 Å². The molecule has 4 heteroatoms. The molecule has 0 fully saturated rings. The van der Waals surface area contributed by atoms with Gasteiger partial charge in [-0.1, -0.05) is 23.7 Å². The van der Waals surface area contributed by atoms with Crippen LogP contribution >= 0.6 is 38.9 Å². The van der Waals surface area contributed by atoms with Gasteiger partial charge in [0.05, 0.1) is 9.89 Å². The van der Waals surface area contributed by atoms with E-state index in [-0.39, 0.29) is 6.10 Å². The monoisotopic (exact) mass is 330 g/mol. The molecular formula is C13H12BrClOS. The Morgan fingerprint density at radius 3 is 2.71 bits per heavy atom. The number of hydrogen-bond donors (Lipinski definition) is 1. The van der Waals surface area contributed by atoms with Crippen molar-refractivity contribution < 1.29 is 5.11 Å². The van der Waals surface area contributed by atoms with Crippen molar-refractivity contribution in [1.29, 1.82) is 0 Å². The van der Waals surface area contributed by atoms with E-state index >= 15 is 0 Å². The Hall–Kier alpha value is -0.350. The van der Waals surface area contributed by atoms with E-state index in [1.54, 1.807) is 11.3 Å². The lowest BCUT2D eigenvalue weighted by molar-refractivity contribution is 0.176. The summed E-state index contributed by atoms with van der Waals surface area (Å²) in [5.74, 6) is 0. The Kier molecular flexibility index (Phi) is 4.62. The first-order valence-corrected chi connectivity index (χ1v) is 7.29. The third-order valence-corrected chi connectivity index (χ3v) is 4.31. The van der Waals surface area contributed by atoms with Crippen molar-refractivity contribution in [2.24, 2.45) is 0 Å². The highest BCUT2D eigenvalue weighted by Gasteiger charge is 2.08. The smallest absolute Gasteiger partial charge is 0.0701 e. The van der Waals surface area contributed by atoms with E-state index in [0.29, 0.717) is 17.9 Å². The van der Waals surface area contributed by atoms with E-state index in [1.165, 1.54) is 4.88 Å². The second kappa shape index (κ2) is 6.01. The van der Waals surface area contributed by atoms with Gasteiger partial charge in [-0.05, 0) is 52.2 Å². The zero-order valence-electron chi connectivity index (χ0n) is 9.07. The first-order valence-electron chi connectivity index (χ1n) is 5.30. The molecule has 1 unspecified atom stereocenters. The summed E-state index contributed by atoms with van der Waals surface area (Å²) in [4.78, 5) is 1.19. The summed E-state index contributed by atoms with van der Waals surface area (Å²) < 4.78 is 1.10. The third kappa shape index (κ3) is 4.11. The summed E-state index contributed by atoms with van der Waals surface area (Å²) in [5, 5.41) is 10.7. The molecular weight excluding hydrogens is 320 g/mol. The minimum atomic E-state index is -0.362. The van der Waals surface area contributed by atoms with E-state index in [4.69, 9.17) is 11.6 Å². The molecule has 1 heterocycles. The molecule has 0 radical (unpaired) electrons. The molecule has 0 aliphatic rings. The predicted molar refractivity (Wildman–Crippen MR) is 76.9 cm³/mol. The van der Waals surface area contributed by atoms with E-state index < -0.39 is 0 Å². The molecule has 2 rings (SSSR count). The van der Waals surface area contributed by atoms with E-state index in [0.717, 1.165) is 9.35 Å². The van der Waals surface area contributed by atoms with Crippen LogP contribution in [0.1, 0.15) is 10.4 Å². The van der Waals surface area contributed by atoms with Crippen molar-refractivity contribution in [2.45, 2.75) is 18.9 Å². The molecule has 0 saturated heterocycles. The Bertz CT molecular complexity index is 498. The van der Waals surface area contributed by atoms with Crippen LogP contribution in [-0.2, 0) is 12.8 Å². The van der Waals surface area contributed by atoms with Crippen LogP contribution in [0.25, 0.3) is 0 Å². The fraction of sp³-hybridized carbons (Fsp3) is 0.231. The van der Waals surface area contributed by atoms with Crippen LogP contribution in [0.4, 0.5) is 0 Å². The van der Waals surface area contributed by atoms with Crippen LogP contribution in [-0.4, -0.2) is 11.2 Å². The molecule has 2 aromatic rings. The lowest BCUT2D eigenvalue weighted by Gasteiger charge is -2.09. The largest absolute Gasteiger partial charge is 0.392 e. The molecule has 90 valence electrons. The van der Waals surface area contributed by atoms with Gasteiger partial charge in [0.2, 0.25) is 0 Å². The lowest BCUT2D eigenvalue weighted by Crippen LogP contribution is -2.13. The molecule has 0 aliphatic heterocycles. The number of halogens is 2. The van der Waals surface area contributed by atoms with Crippen molar-refractivity contribution in [3.63, 3.8) is 0 Å². The summed E-state index contributed by atoms with van der Waals surface area (Å²) in [6.45, 7) is 0. The first-order chi connectivity index (χ1) is 8.13. The Labute approximate surface area is 118 Å². The molecule has 0 bridgehead atoms. The van der Waals surface area contributed by atoms with Crippen molar-refractivity contribution in [2.75, 3.05) is 0 Å². The molecule has 0 amide bonds. The fourth-order valence-electron chi connectivity index (χ4n) is 1.70. The molecule has 1 N–H and O–H groups in total. The van der Waals surface area contributed by atoms with Crippen molar-refractivity contribution in [3.8, 4) is 0 Å². The number of thiophene rings is 1. The Balaban J connectivity index is 1.95. The molecule has 0 saturated carbocycles. The maximum atomic E-state index is 10.0. The van der Waals surface area contributed by atoms with Crippen LogP contribution in [0.15, 0.2) is 40.2 Å². The highest BCUT2D eigenvalue weighted by Crippen LogP contribution is 2.24. The summed E-state index contributed by atoms with van der Waals surface area (Å²) >= 11 is 11.0. The van der Waals surface area contributed by atoms with Gasteiger partial charge in [-0.2, -0.15) is 0 Å². The number of benzene rings is 1. The summed E-state index contributed by atoms with van der Waals surface area (Å²) in [7, 11) is 0. The van der Waals surface area contributed by atoms with Crippen LogP contribution < -0.4 is 0 Å². The fourth-order valence-corrected chi connectivity index (χ4v) is 3.47. The minimum absolute atomic E-state index is 0.362. The van der Waals surface area contributed by atoms with Gasteiger partial charge >= 0.3 is 0 Å². The topological polar surface area (TPSA) is 20.2 Å². The number of aliphatic hydroxyl groups is 1. The van der Waals surface area contributed by atoms with Gasteiger partial charge in [0.1, 0.15) is 0 Å². The summed E-state index contributed by atoms with van der Waals surface area (Å²) in [5.41, 5.74) is 1.07.